The summed E-state index contributed by atoms with van der Waals surface area (Å²) in [6, 6.07) is 8.31. The molecule has 6 nitrogen and oxygen atoms in total. The van der Waals surface area contributed by atoms with Gasteiger partial charge in [0.25, 0.3) is 0 Å². The molecule has 0 saturated heterocycles. The summed E-state index contributed by atoms with van der Waals surface area (Å²) in [5, 5.41) is 20.9. The lowest BCUT2D eigenvalue weighted by molar-refractivity contribution is -0.481. The average Bonchev–Trinajstić information content (AvgIpc) is 2.37. The zero-order valence-corrected chi connectivity index (χ0v) is 11.7. The van der Waals surface area contributed by atoms with Crippen LogP contribution in [0.25, 0.3) is 0 Å². The van der Waals surface area contributed by atoms with Crippen molar-refractivity contribution in [3.05, 3.63) is 73.3 Å². The van der Waals surface area contributed by atoms with Gasteiger partial charge >= 0.3 is 5.63 Å². The molecule has 0 saturated carbocycles. The van der Waals surface area contributed by atoms with E-state index in [9.17, 15) is 20.0 Å². The van der Waals surface area contributed by atoms with Crippen molar-refractivity contribution in [3.63, 3.8) is 0 Å². The lowest BCUT2D eigenvalue weighted by Crippen LogP contribution is -2.21. The monoisotopic (exact) mass is 289 g/mol. The summed E-state index contributed by atoms with van der Waals surface area (Å²) >= 11 is 0. The van der Waals surface area contributed by atoms with Gasteiger partial charge in [0.05, 0.1) is 11.5 Å². The molecule has 2 aromatic rings. The molecule has 1 aromatic carbocycles. The summed E-state index contributed by atoms with van der Waals surface area (Å²) in [5.74, 6) is -0.876. The van der Waals surface area contributed by atoms with Crippen molar-refractivity contribution in [3.8, 4) is 5.75 Å². The minimum atomic E-state index is -0.850. The van der Waals surface area contributed by atoms with Crippen LogP contribution in [-0.2, 0) is 0 Å². The Kier molecular flexibility index (Phi) is 4.07. The molecule has 21 heavy (non-hydrogen) atoms. The second-order valence-corrected chi connectivity index (χ2v) is 4.92. The van der Waals surface area contributed by atoms with E-state index in [-0.39, 0.29) is 17.1 Å². The fourth-order valence-corrected chi connectivity index (χ4v) is 2.24. The van der Waals surface area contributed by atoms with E-state index in [0.29, 0.717) is 5.56 Å². The van der Waals surface area contributed by atoms with Crippen LogP contribution in [-0.4, -0.2) is 16.6 Å². The van der Waals surface area contributed by atoms with E-state index in [2.05, 4.69) is 0 Å². The first-order chi connectivity index (χ1) is 9.88. The molecule has 1 N–H and O–H groups in total. The summed E-state index contributed by atoms with van der Waals surface area (Å²) in [6.45, 7) is 2.92. The van der Waals surface area contributed by atoms with E-state index in [1.807, 2.05) is 6.92 Å². The van der Waals surface area contributed by atoms with Gasteiger partial charge in [-0.1, -0.05) is 29.8 Å². The highest BCUT2D eigenvalue weighted by Gasteiger charge is 2.27. The molecule has 0 radical (unpaired) electrons. The Morgan fingerprint density at radius 1 is 1.29 bits per heavy atom. The Balaban J connectivity index is 2.58. The van der Waals surface area contributed by atoms with Gasteiger partial charge in [-0.2, -0.15) is 0 Å². The summed E-state index contributed by atoms with van der Waals surface area (Å²) in [4.78, 5) is 22.4. The van der Waals surface area contributed by atoms with Gasteiger partial charge in [0.1, 0.15) is 11.5 Å². The van der Waals surface area contributed by atoms with Crippen molar-refractivity contribution in [1.82, 2.24) is 0 Å². The number of aryl methyl sites for hydroxylation is 2. The van der Waals surface area contributed by atoms with Crippen LogP contribution in [0.5, 0.6) is 5.75 Å². The highest BCUT2D eigenvalue weighted by molar-refractivity contribution is 5.40. The second kappa shape index (κ2) is 5.78. The molecule has 0 bridgehead atoms. The van der Waals surface area contributed by atoms with Crippen LogP contribution in [0.1, 0.15) is 28.4 Å². The number of hydrogen-bond acceptors (Lipinski definition) is 5. The zero-order valence-electron chi connectivity index (χ0n) is 11.7. The van der Waals surface area contributed by atoms with Gasteiger partial charge in [-0.3, -0.25) is 10.1 Å². The van der Waals surface area contributed by atoms with Crippen LogP contribution in [0.3, 0.4) is 0 Å². The highest BCUT2D eigenvalue weighted by atomic mass is 16.6. The van der Waals surface area contributed by atoms with Gasteiger partial charge in [-0.15, -0.1) is 0 Å². The first kappa shape index (κ1) is 14.8. The van der Waals surface area contributed by atoms with Gasteiger partial charge in [0, 0.05) is 11.0 Å². The van der Waals surface area contributed by atoms with Crippen LogP contribution < -0.4 is 5.63 Å². The van der Waals surface area contributed by atoms with Crippen molar-refractivity contribution in [2.45, 2.75) is 19.8 Å². The second-order valence-electron chi connectivity index (χ2n) is 4.92. The number of benzene rings is 1. The predicted octanol–water partition coefficient (Wildman–Crippen LogP) is 2.37. The van der Waals surface area contributed by atoms with Gasteiger partial charge in [-0.05, 0) is 19.4 Å². The fourth-order valence-electron chi connectivity index (χ4n) is 2.24. The third-order valence-corrected chi connectivity index (χ3v) is 3.25. The summed E-state index contributed by atoms with van der Waals surface area (Å²) in [7, 11) is 0. The van der Waals surface area contributed by atoms with Crippen molar-refractivity contribution in [1.29, 1.82) is 0 Å². The number of nitrogens with zero attached hydrogens (tertiary/aromatic N) is 1. The molecular weight excluding hydrogens is 274 g/mol. The van der Waals surface area contributed by atoms with Crippen LogP contribution in [0.2, 0.25) is 0 Å². The Labute approximate surface area is 120 Å². The molecule has 110 valence electrons. The summed E-state index contributed by atoms with van der Waals surface area (Å²) in [6.07, 6.45) is 0. The van der Waals surface area contributed by atoms with Crippen LogP contribution in [0.15, 0.2) is 39.5 Å². The number of nitro groups is 1. The summed E-state index contributed by atoms with van der Waals surface area (Å²) in [5.41, 5.74) is 0.753. The largest absolute Gasteiger partial charge is 0.507 e. The number of hydrogen-bond donors (Lipinski definition) is 1. The topological polar surface area (TPSA) is 93.6 Å². The molecule has 0 aliphatic heterocycles. The van der Waals surface area contributed by atoms with Crippen LogP contribution in [0, 0.1) is 24.0 Å². The average molecular weight is 289 g/mol. The van der Waals surface area contributed by atoms with E-state index in [0.717, 1.165) is 5.56 Å². The molecule has 0 aliphatic rings. The predicted molar refractivity (Wildman–Crippen MR) is 76.3 cm³/mol. The SMILES string of the molecule is Cc1ccc([C@H](C[N+](=O)[O-])c2c(O)cc(C)oc2=O)cc1. The molecule has 0 unspecified atom stereocenters. The highest BCUT2D eigenvalue weighted by Crippen LogP contribution is 2.29. The third kappa shape index (κ3) is 3.28. The van der Waals surface area contributed by atoms with E-state index >= 15 is 0 Å². The molecule has 6 heteroatoms. The van der Waals surface area contributed by atoms with E-state index < -0.39 is 23.0 Å². The maximum absolute atomic E-state index is 12.0. The Bertz CT molecular complexity index is 718. The van der Waals surface area contributed by atoms with Gasteiger partial charge in [-0.25, -0.2) is 4.79 Å². The molecule has 1 heterocycles. The van der Waals surface area contributed by atoms with Crippen molar-refractivity contribution < 1.29 is 14.4 Å². The molecule has 0 aliphatic carbocycles. The van der Waals surface area contributed by atoms with E-state index in [1.165, 1.54) is 13.0 Å². The molecule has 0 spiro atoms. The first-order valence-electron chi connectivity index (χ1n) is 6.40. The fraction of sp³-hybridized carbons (Fsp3) is 0.267. The quantitative estimate of drug-likeness (QED) is 0.689. The first-order valence-corrected chi connectivity index (χ1v) is 6.40. The molecule has 0 fully saturated rings. The van der Waals surface area contributed by atoms with Gasteiger partial charge < -0.3 is 9.52 Å². The Morgan fingerprint density at radius 3 is 2.43 bits per heavy atom. The van der Waals surface area contributed by atoms with Crippen molar-refractivity contribution in [2.75, 3.05) is 6.54 Å². The lowest BCUT2D eigenvalue weighted by Gasteiger charge is -2.14. The van der Waals surface area contributed by atoms with E-state index in [4.69, 9.17) is 4.42 Å². The van der Waals surface area contributed by atoms with E-state index in [1.54, 1.807) is 24.3 Å². The Hall–Kier alpha value is -2.63. The van der Waals surface area contributed by atoms with Crippen molar-refractivity contribution >= 4 is 0 Å². The number of aromatic hydroxyl groups is 1. The molecule has 0 amide bonds. The molecule has 1 atom stereocenters. The normalized spacial score (nSPS) is 12.1. The van der Waals surface area contributed by atoms with Crippen molar-refractivity contribution in [2.24, 2.45) is 0 Å². The van der Waals surface area contributed by atoms with Gasteiger partial charge in [0.15, 0.2) is 0 Å². The smallest absolute Gasteiger partial charge is 0.343 e. The van der Waals surface area contributed by atoms with Crippen LogP contribution in [0.4, 0.5) is 0 Å². The molecule has 1 aromatic heterocycles. The maximum atomic E-state index is 12.0. The molecular formula is C15H15NO5. The zero-order chi connectivity index (χ0) is 15.6. The maximum Gasteiger partial charge on any atom is 0.343 e. The minimum absolute atomic E-state index is 0.0823. The third-order valence-electron chi connectivity index (χ3n) is 3.25. The minimum Gasteiger partial charge on any atom is -0.507 e. The Morgan fingerprint density at radius 2 is 1.90 bits per heavy atom. The summed E-state index contributed by atoms with van der Waals surface area (Å²) < 4.78 is 4.96. The number of rotatable bonds is 4. The standard InChI is InChI=1S/C15H15NO5/c1-9-3-5-11(6-4-9)12(8-16(19)20)14-13(17)7-10(2)21-15(14)18/h3-7,12,17H,8H2,1-2H3/t12-/m0/s1. The van der Waals surface area contributed by atoms with Gasteiger partial charge in [0.2, 0.25) is 6.54 Å². The van der Waals surface area contributed by atoms with Crippen LogP contribution >= 0.6 is 0 Å². The molecule has 2 rings (SSSR count). The lowest BCUT2D eigenvalue weighted by atomic mass is 9.91.